The lowest BCUT2D eigenvalue weighted by molar-refractivity contribution is -0.146. The predicted molar refractivity (Wildman–Crippen MR) is 87.8 cm³/mol. The molecule has 1 aromatic carbocycles. The minimum Gasteiger partial charge on any atom is -0.480 e. The molecule has 0 bridgehead atoms. The highest BCUT2D eigenvalue weighted by molar-refractivity contribution is 7.99. The number of carboxylic acids is 1. The zero-order valence-corrected chi connectivity index (χ0v) is 13.8. The van der Waals surface area contributed by atoms with Crippen LogP contribution in [0.2, 0.25) is 0 Å². The lowest BCUT2D eigenvalue weighted by Gasteiger charge is -2.33. The van der Waals surface area contributed by atoms with Crippen molar-refractivity contribution in [1.29, 1.82) is 0 Å². The Bertz CT molecular complexity index is 425. The first kappa shape index (κ1) is 18.0. The maximum Gasteiger partial charge on any atom is 0.328 e. The second-order valence-corrected chi connectivity index (χ2v) is 6.46. The van der Waals surface area contributed by atoms with Crippen molar-refractivity contribution in [3.63, 3.8) is 0 Å². The Labute approximate surface area is 131 Å². The van der Waals surface area contributed by atoms with Crippen molar-refractivity contribution in [2.45, 2.75) is 31.8 Å². The maximum absolute atomic E-state index is 12.0. The van der Waals surface area contributed by atoms with Crippen LogP contribution < -0.4 is 5.32 Å². The Morgan fingerprint density at radius 3 is 2.52 bits per heavy atom. The highest BCUT2D eigenvalue weighted by atomic mass is 32.2. The second kappa shape index (κ2) is 9.07. The van der Waals surface area contributed by atoms with Crippen LogP contribution in [0.4, 0.5) is 0 Å². The summed E-state index contributed by atoms with van der Waals surface area (Å²) >= 11 is 1.72. The summed E-state index contributed by atoms with van der Waals surface area (Å²) < 4.78 is 5.02. The molecule has 4 nitrogen and oxygen atoms in total. The molecule has 0 aromatic heterocycles. The van der Waals surface area contributed by atoms with E-state index in [0.717, 1.165) is 17.1 Å². The van der Waals surface area contributed by atoms with Gasteiger partial charge in [-0.15, -0.1) is 0 Å². The van der Waals surface area contributed by atoms with Crippen LogP contribution in [0.5, 0.6) is 0 Å². The largest absolute Gasteiger partial charge is 0.480 e. The zero-order chi connectivity index (χ0) is 15.7. The molecule has 0 spiro atoms. The van der Waals surface area contributed by atoms with E-state index in [1.807, 2.05) is 44.2 Å². The Morgan fingerprint density at radius 2 is 2.00 bits per heavy atom. The van der Waals surface area contributed by atoms with Gasteiger partial charge in [-0.3, -0.25) is 5.32 Å². The number of hydrogen-bond acceptors (Lipinski definition) is 4. The molecule has 1 unspecified atom stereocenters. The summed E-state index contributed by atoms with van der Waals surface area (Å²) in [6.45, 7) is 4.63. The van der Waals surface area contributed by atoms with E-state index in [1.54, 1.807) is 18.9 Å². The van der Waals surface area contributed by atoms with Gasteiger partial charge in [0.1, 0.15) is 5.54 Å². The van der Waals surface area contributed by atoms with Crippen molar-refractivity contribution in [1.82, 2.24) is 5.32 Å². The molecule has 1 rings (SSSR count). The highest BCUT2D eigenvalue weighted by Crippen LogP contribution is 2.28. The average Bonchev–Trinajstić information content (AvgIpc) is 2.46. The molecule has 21 heavy (non-hydrogen) atoms. The van der Waals surface area contributed by atoms with Crippen LogP contribution in [0.15, 0.2) is 30.3 Å². The molecule has 0 aliphatic carbocycles. The summed E-state index contributed by atoms with van der Waals surface area (Å²) in [5, 5.41) is 13.1. The van der Waals surface area contributed by atoms with E-state index < -0.39 is 11.5 Å². The highest BCUT2D eigenvalue weighted by Gasteiger charge is 2.40. The van der Waals surface area contributed by atoms with Crippen molar-refractivity contribution in [3.05, 3.63) is 35.9 Å². The second-order valence-electron chi connectivity index (χ2n) is 5.23. The first-order chi connectivity index (χ1) is 10.0. The normalized spacial score (nSPS) is 14.1. The summed E-state index contributed by atoms with van der Waals surface area (Å²) in [5.74, 6) is 0.821. The molecule has 0 amide bonds. The number of ether oxygens (including phenoxy) is 1. The third-order valence-corrected chi connectivity index (χ3v) is 4.17. The molecule has 0 aliphatic rings. The Balaban J connectivity index is 2.89. The van der Waals surface area contributed by atoms with Crippen LogP contribution in [-0.4, -0.2) is 42.3 Å². The number of rotatable bonds is 10. The fourth-order valence-corrected chi connectivity index (χ4v) is 3.22. The first-order valence-electron chi connectivity index (χ1n) is 7.16. The van der Waals surface area contributed by atoms with E-state index in [1.165, 1.54) is 0 Å². The molecule has 1 aromatic rings. The standard InChI is InChI=1S/C16H25NO3S/c1-13(2)17-16(15(18)19,9-11-21-12-10-20-3)14-7-5-4-6-8-14/h4-8,13,17H,9-12H2,1-3H3,(H,18,19). The van der Waals surface area contributed by atoms with E-state index in [4.69, 9.17) is 4.74 Å². The molecule has 2 N–H and O–H groups in total. The quantitative estimate of drug-likeness (QED) is 0.651. The van der Waals surface area contributed by atoms with Gasteiger partial charge in [0.15, 0.2) is 0 Å². The van der Waals surface area contributed by atoms with E-state index in [0.29, 0.717) is 13.0 Å². The van der Waals surface area contributed by atoms with Gasteiger partial charge in [-0.1, -0.05) is 30.3 Å². The Morgan fingerprint density at radius 1 is 1.33 bits per heavy atom. The van der Waals surface area contributed by atoms with Gasteiger partial charge in [0.05, 0.1) is 6.61 Å². The monoisotopic (exact) mass is 311 g/mol. The first-order valence-corrected chi connectivity index (χ1v) is 8.31. The number of benzene rings is 1. The summed E-state index contributed by atoms with van der Waals surface area (Å²) in [5.41, 5.74) is -0.228. The summed E-state index contributed by atoms with van der Waals surface area (Å²) in [6.07, 6.45) is 0.541. The topological polar surface area (TPSA) is 58.6 Å². The minimum atomic E-state index is -1.03. The van der Waals surface area contributed by atoms with Crippen molar-refractivity contribution < 1.29 is 14.6 Å². The van der Waals surface area contributed by atoms with E-state index in [9.17, 15) is 9.90 Å². The zero-order valence-electron chi connectivity index (χ0n) is 13.0. The predicted octanol–water partition coefficient (Wildman–Crippen LogP) is 2.73. The minimum absolute atomic E-state index is 0.0882. The van der Waals surface area contributed by atoms with Gasteiger partial charge in [-0.25, -0.2) is 4.79 Å². The molecular weight excluding hydrogens is 286 g/mol. The number of thioether (sulfide) groups is 1. The number of aliphatic carboxylic acids is 1. The number of methoxy groups -OCH3 is 1. The van der Waals surface area contributed by atoms with Gasteiger partial charge in [0, 0.05) is 18.9 Å². The number of hydrogen-bond donors (Lipinski definition) is 2. The molecule has 5 heteroatoms. The molecule has 0 heterocycles. The molecule has 0 saturated carbocycles. The lowest BCUT2D eigenvalue weighted by Crippen LogP contribution is -2.52. The van der Waals surface area contributed by atoms with Gasteiger partial charge in [-0.05, 0) is 31.6 Å². The smallest absolute Gasteiger partial charge is 0.328 e. The number of carbonyl (C=O) groups is 1. The van der Waals surface area contributed by atoms with Gasteiger partial charge >= 0.3 is 5.97 Å². The third kappa shape index (κ3) is 5.34. The average molecular weight is 311 g/mol. The van der Waals surface area contributed by atoms with Gasteiger partial charge in [0.25, 0.3) is 0 Å². The van der Waals surface area contributed by atoms with E-state index in [-0.39, 0.29) is 6.04 Å². The van der Waals surface area contributed by atoms with Crippen LogP contribution in [-0.2, 0) is 15.1 Å². The lowest BCUT2D eigenvalue weighted by atomic mass is 9.86. The van der Waals surface area contributed by atoms with Crippen LogP contribution in [0, 0.1) is 0 Å². The molecule has 0 radical (unpaired) electrons. The van der Waals surface area contributed by atoms with Crippen molar-refractivity contribution in [2.24, 2.45) is 0 Å². The number of nitrogens with one attached hydrogen (secondary N) is 1. The van der Waals surface area contributed by atoms with Crippen LogP contribution in [0.25, 0.3) is 0 Å². The SMILES string of the molecule is COCCSCCC(NC(C)C)(C(=O)O)c1ccccc1. The molecule has 118 valence electrons. The van der Waals surface area contributed by atoms with Crippen LogP contribution in [0.3, 0.4) is 0 Å². The van der Waals surface area contributed by atoms with Gasteiger partial charge in [-0.2, -0.15) is 11.8 Å². The summed E-state index contributed by atoms with van der Waals surface area (Å²) in [7, 11) is 1.67. The Kier molecular flexibility index (Phi) is 7.78. The fraction of sp³-hybridized carbons (Fsp3) is 0.562. The molecule has 0 fully saturated rings. The molecule has 1 atom stereocenters. The van der Waals surface area contributed by atoms with Crippen molar-refractivity contribution in [2.75, 3.05) is 25.2 Å². The third-order valence-electron chi connectivity index (χ3n) is 3.22. The van der Waals surface area contributed by atoms with Crippen molar-refractivity contribution >= 4 is 17.7 Å². The summed E-state index contributed by atoms with van der Waals surface area (Å²) in [6, 6.07) is 9.51. The molecule has 0 saturated heterocycles. The molecule has 0 aliphatic heterocycles. The van der Waals surface area contributed by atoms with Crippen LogP contribution in [0.1, 0.15) is 25.8 Å². The van der Waals surface area contributed by atoms with E-state index in [2.05, 4.69) is 5.32 Å². The van der Waals surface area contributed by atoms with Gasteiger partial charge < -0.3 is 9.84 Å². The summed E-state index contributed by atoms with van der Waals surface area (Å²) in [4.78, 5) is 12.0. The van der Waals surface area contributed by atoms with Gasteiger partial charge in [0.2, 0.25) is 0 Å². The van der Waals surface area contributed by atoms with Crippen LogP contribution >= 0.6 is 11.8 Å². The fourth-order valence-electron chi connectivity index (χ4n) is 2.28. The number of carboxylic acid groups (broad SMARTS) is 1. The maximum atomic E-state index is 12.0. The Hall–Kier alpha value is -1.04. The van der Waals surface area contributed by atoms with E-state index >= 15 is 0 Å². The van der Waals surface area contributed by atoms with Crippen molar-refractivity contribution in [3.8, 4) is 0 Å². The molecular formula is C16H25NO3S.